The monoisotopic (exact) mass is 648 g/mol. The third kappa shape index (κ3) is 6.14. The standard InChI is InChI=1S/C36H56O10/c1-22(11-10-18-40-23(2)37)27-12-13-28-32-29(20-31(34(27,28)6)42-25(4)39)33(5)16-17-36(21-26(33)19-30(32)41-24(3)38)45-43-35(44-46-36)14-8-7-9-15-35/h22,26-32H,7-21H2,1-6H3/t22-,26-,27-,28+,29+,30-,31+,32+,33+,34-/m1/s1. The molecule has 0 aromatic rings. The van der Waals surface area contributed by atoms with Crippen LogP contribution < -0.4 is 0 Å². The minimum atomic E-state index is -0.987. The molecule has 10 nitrogen and oxygen atoms in total. The number of rotatable bonds is 7. The molecule has 6 aliphatic rings. The van der Waals surface area contributed by atoms with Gasteiger partial charge in [0.25, 0.3) is 0 Å². The molecule has 0 unspecified atom stereocenters. The van der Waals surface area contributed by atoms with E-state index in [1.165, 1.54) is 20.8 Å². The molecule has 46 heavy (non-hydrogen) atoms. The van der Waals surface area contributed by atoms with Crippen molar-refractivity contribution >= 4 is 17.9 Å². The number of ether oxygens (including phenoxy) is 3. The highest BCUT2D eigenvalue weighted by Crippen LogP contribution is 2.70. The average molecular weight is 649 g/mol. The smallest absolute Gasteiger partial charge is 0.302 e. The quantitative estimate of drug-likeness (QED) is 0.124. The van der Waals surface area contributed by atoms with E-state index in [-0.39, 0.29) is 64.6 Å². The zero-order valence-corrected chi connectivity index (χ0v) is 28.8. The van der Waals surface area contributed by atoms with Gasteiger partial charge in [-0.05, 0) is 92.8 Å². The van der Waals surface area contributed by atoms with Gasteiger partial charge in [0, 0.05) is 57.8 Å². The summed E-state index contributed by atoms with van der Waals surface area (Å²) in [5, 5.41) is 0. The maximum absolute atomic E-state index is 12.7. The van der Waals surface area contributed by atoms with Crippen LogP contribution in [0.1, 0.15) is 131 Å². The predicted molar refractivity (Wildman–Crippen MR) is 165 cm³/mol. The van der Waals surface area contributed by atoms with Gasteiger partial charge >= 0.3 is 17.9 Å². The molecule has 260 valence electrons. The number of fused-ring (bicyclic) bond motifs is 5. The number of esters is 3. The van der Waals surface area contributed by atoms with E-state index in [1.54, 1.807) is 0 Å². The van der Waals surface area contributed by atoms with Crippen LogP contribution in [0.15, 0.2) is 0 Å². The molecular weight excluding hydrogens is 592 g/mol. The van der Waals surface area contributed by atoms with E-state index in [9.17, 15) is 14.4 Å². The van der Waals surface area contributed by atoms with Gasteiger partial charge in [0.15, 0.2) is 0 Å². The maximum Gasteiger partial charge on any atom is 0.302 e. The molecule has 0 radical (unpaired) electrons. The Bertz CT molecular complexity index is 1140. The Kier molecular flexibility index (Phi) is 9.60. The van der Waals surface area contributed by atoms with Gasteiger partial charge in [-0.3, -0.25) is 14.4 Å². The SMILES string of the molecule is CC(=O)OCCC[C@@H](C)[C@H]1CC[C@H]2[C@@H]3[C@H](OC(C)=O)C[C@@H]4CC5(CC[C@]4(C)[C@H]3C[C@H](OC(C)=O)[C@]12C)OOC1(CCCCC1)OO5. The third-order valence-electron chi connectivity index (χ3n) is 13.5. The summed E-state index contributed by atoms with van der Waals surface area (Å²) in [6.07, 6.45) is 11.5. The number of carbonyl (C=O) groups excluding carboxylic acids is 3. The lowest BCUT2D eigenvalue weighted by Gasteiger charge is -2.65. The second-order valence-corrected chi connectivity index (χ2v) is 16.1. The highest BCUT2D eigenvalue weighted by molar-refractivity contribution is 5.67. The van der Waals surface area contributed by atoms with Crippen molar-refractivity contribution in [2.24, 2.45) is 46.3 Å². The van der Waals surface area contributed by atoms with Crippen molar-refractivity contribution in [2.45, 2.75) is 155 Å². The molecular formula is C36H56O10. The van der Waals surface area contributed by atoms with E-state index in [4.69, 9.17) is 33.8 Å². The van der Waals surface area contributed by atoms with Crippen LogP contribution in [0.2, 0.25) is 0 Å². The Labute approximate surface area is 274 Å². The molecule has 2 spiro atoms. The van der Waals surface area contributed by atoms with Crippen molar-refractivity contribution in [1.29, 1.82) is 0 Å². The summed E-state index contributed by atoms with van der Waals surface area (Å²) >= 11 is 0. The van der Waals surface area contributed by atoms with E-state index in [0.717, 1.165) is 77.0 Å². The fourth-order valence-corrected chi connectivity index (χ4v) is 11.3. The first-order valence-corrected chi connectivity index (χ1v) is 18.0. The summed E-state index contributed by atoms with van der Waals surface area (Å²) in [6.45, 7) is 11.9. The highest BCUT2D eigenvalue weighted by atomic mass is 17.4. The van der Waals surface area contributed by atoms with E-state index >= 15 is 0 Å². The normalized spacial score (nSPS) is 41.5. The fraction of sp³-hybridized carbons (Fsp3) is 0.917. The van der Waals surface area contributed by atoms with E-state index < -0.39 is 11.6 Å². The molecule has 6 fully saturated rings. The Morgan fingerprint density at radius 1 is 0.783 bits per heavy atom. The maximum atomic E-state index is 12.7. The minimum absolute atomic E-state index is 0.0906. The van der Waals surface area contributed by atoms with Crippen LogP contribution in [-0.2, 0) is 48.1 Å². The summed E-state index contributed by atoms with van der Waals surface area (Å²) in [5.41, 5.74) is -0.344. The summed E-state index contributed by atoms with van der Waals surface area (Å²) in [4.78, 5) is 60.9. The molecule has 1 aliphatic heterocycles. The number of carbonyl (C=O) groups is 3. The van der Waals surface area contributed by atoms with Crippen molar-refractivity contribution < 1.29 is 48.1 Å². The van der Waals surface area contributed by atoms with E-state index in [1.807, 2.05) is 0 Å². The van der Waals surface area contributed by atoms with Crippen molar-refractivity contribution in [2.75, 3.05) is 6.61 Å². The van der Waals surface area contributed by atoms with E-state index in [0.29, 0.717) is 31.3 Å². The Hall–Kier alpha value is -1.75. The molecule has 0 amide bonds. The van der Waals surface area contributed by atoms with Gasteiger partial charge in [0.05, 0.1) is 6.61 Å². The minimum Gasteiger partial charge on any atom is -0.466 e. The molecule has 5 aliphatic carbocycles. The average Bonchev–Trinajstić information content (AvgIpc) is 3.36. The molecule has 10 heteroatoms. The topological polar surface area (TPSA) is 116 Å². The molecule has 0 bridgehead atoms. The van der Waals surface area contributed by atoms with Gasteiger partial charge in [-0.1, -0.05) is 27.2 Å². The second kappa shape index (κ2) is 12.9. The lowest BCUT2D eigenvalue weighted by Crippen LogP contribution is -2.65. The highest BCUT2D eigenvalue weighted by Gasteiger charge is 2.69. The van der Waals surface area contributed by atoms with Crippen molar-refractivity contribution in [3.05, 3.63) is 0 Å². The van der Waals surface area contributed by atoms with Crippen LogP contribution in [0.4, 0.5) is 0 Å². The molecule has 1 saturated heterocycles. The summed E-state index contributed by atoms with van der Waals surface area (Å²) in [7, 11) is 0. The van der Waals surface area contributed by atoms with Crippen LogP contribution in [0, 0.1) is 46.3 Å². The van der Waals surface area contributed by atoms with Crippen LogP contribution in [0.5, 0.6) is 0 Å². The summed E-state index contributed by atoms with van der Waals surface area (Å²) in [5.74, 6) is -1.11. The molecule has 0 N–H and O–H groups in total. The first-order valence-electron chi connectivity index (χ1n) is 18.0. The molecule has 6 rings (SSSR count). The van der Waals surface area contributed by atoms with Crippen molar-refractivity contribution in [3.63, 3.8) is 0 Å². The molecule has 0 aromatic heterocycles. The van der Waals surface area contributed by atoms with Crippen molar-refractivity contribution in [3.8, 4) is 0 Å². The molecule has 5 saturated carbocycles. The summed E-state index contributed by atoms with van der Waals surface area (Å²) < 4.78 is 17.8. The van der Waals surface area contributed by atoms with Gasteiger partial charge < -0.3 is 14.2 Å². The lowest BCUT2D eigenvalue weighted by molar-refractivity contribution is -0.665. The van der Waals surface area contributed by atoms with E-state index in [2.05, 4.69) is 20.8 Å². The molecule has 10 atom stereocenters. The number of hydrogen-bond acceptors (Lipinski definition) is 10. The van der Waals surface area contributed by atoms with Crippen LogP contribution in [-0.4, -0.2) is 48.3 Å². The summed E-state index contributed by atoms with van der Waals surface area (Å²) in [6, 6.07) is 0. The number of hydrogen-bond donors (Lipinski definition) is 0. The predicted octanol–water partition coefficient (Wildman–Crippen LogP) is 6.97. The molecule has 1 heterocycles. The lowest BCUT2D eigenvalue weighted by atomic mass is 9.42. The third-order valence-corrected chi connectivity index (χ3v) is 13.5. The Morgan fingerprint density at radius 2 is 1.46 bits per heavy atom. The van der Waals surface area contributed by atoms with Gasteiger partial charge in [-0.25, -0.2) is 0 Å². The van der Waals surface area contributed by atoms with Gasteiger partial charge in [-0.15, -0.1) is 0 Å². The Morgan fingerprint density at radius 3 is 2.11 bits per heavy atom. The fourth-order valence-electron chi connectivity index (χ4n) is 11.3. The van der Waals surface area contributed by atoms with Crippen molar-refractivity contribution in [1.82, 2.24) is 0 Å². The van der Waals surface area contributed by atoms with Gasteiger partial charge in [0.2, 0.25) is 11.6 Å². The zero-order valence-electron chi connectivity index (χ0n) is 28.8. The van der Waals surface area contributed by atoms with Gasteiger partial charge in [-0.2, -0.15) is 19.6 Å². The van der Waals surface area contributed by atoms with Crippen LogP contribution >= 0.6 is 0 Å². The Balaban J connectivity index is 1.26. The second-order valence-electron chi connectivity index (χ2n) is 16.1. The first kappa shape index (κ1) is 34.1. The largest absolute Gasteiger partial charge is 0.466 e. The van der Waals surface area contributed by atoms with Gasteiger partial charge in [0.1, 0.15) is 12.2 Å². The van der Waals surface area contributed by atoms with Crippen LogP contribution in [0.3, 0.4) is 0 Å². The molecule has 0 aromatic carbocycles. The first-order chi connectivity index (χ1) is 21.8. The zero-order chi connectivity index (χ0) is 32.9. The van der Waals surface area contributed by atoms with Crippen LogP contribution in [0.25, 0.3) is 0 Å².